The van der Waals surface area contributed by atoms with Crippen molar-refractivity contribution in [3.8, 4) is 0 Å². The normalized spacial score (nSPS) is 17.3. The maximum Gasteiger partial charge on any atom is 0.237 e. The molecule has 1 aromatic rings. The van der Waals surface area contributed by atoms with Crippen LogP contribution < -0.4 is 5.32 Å². The highest BCUT2D eigenvalue weighted by atomic mass is 16.2. The third-order valence-electron chi connectivity index (χ3n) is 3.52. The van der Waals surface area contributed by atoms with Crippen LogP contribution in [-0.4, -0.2) is 29.4 Å². The molecule has 0 radical (unpaired) electrons. The first-order valence-electron chi connectivity index (χ1n) is 6.69. The van der Waals surface area contributed by atoms with Gasteiger partial charge in [-0.05, 0) is 38.3 Å². The van der Waals surface area contributed by atoms with Crippen molar-refractivity contribution in [3.05, 3.63) is 35.4 Å². The second-order valence-electron chi connectivity index (χ2n) is 5.33. The van der Waals surface area contributed by atoms with Crippen molar-refractivity contribution in [2.24, 2.45) is 0 Å². The van der Waals surface area contributed by atoms with Crippen LogP contribution in [0.2, 0.25) is 0 Å². The molecule has 1 aliphatic heterocycles. The number of carbonyl (C=O) groups is 1. The number of nitrogens with zero attached hydrogens (tertiary/aromatic N) is 1. The van der Waals surface area contributed by atoms with E-state index in [4.69, 9.17) is 0 Å². The molecule has 0 saturated carbocycles. The van der Waals surface area contributed by atoms with Crippen molar-refractivity contribution >= 4 is 5.91 Å². The summed E-state index contributed by atoms with van der Waals surface area (Å²) < 4.78 is 0. The molecule has 98 valence electrons. The Morgan fingerprint density at radius 1 is 1.22 bits per heavy atom. The van der Waals surface area contributed by atoms with E-state index >= 15 is 0 Å². The molecule has 1 amide bonds. The molecule has 18 heavy (non-hydrogen) atoms. The van der Waals surface area contributed by atoms with E-state index in [0.717, 1.165) is 19.5 Å². The molecule has 0 saturated heterocycles. The van der Waals surface area contributed by atoms with Crippen LogP contribution in [0.4, 0.5) is 0 Å². The standard InChI is InChI=1S/C15H22N2O/c1-11(2)16-15(18)12(3)17-9-8-13-6-4-5-7-14(13)10-17/h4-7,11-12H,8-10H2,1-3H3,(H,16,18). The minimum absolute atomic E-state index is 0.0549. The predicted molar refractivity (Wildman–Crippen MR) is 73.3 cm³/mol. The van der Waals surface area contributed by atoms with Gasteiger partial charge in [0.1, 0.15) is 0 Å². The van der Waals surface area contributed by atoms with Crippen molar-refractivity contribution in [1.82, 2.24) is 10.2 Å². The van der Waals surface area contributed by atoms with Crippen LogP contribution in [0.3, 0.4) is 0 Å². The van der Waals surface area contributed by atoms with Gasteiger partial charge in [-0.3, -0.25) is 9.69 Å². The number of rotatable bonds is 3. The average molecular weight is 246 g/mol. The van der Waals surface area contributed by atoms with Gasteiger partial charge in [0.15, 0.2) is 0 Å². The van der Waals surface area contributed by atoms with E-state index in [9.17, 15) is 4.79 Å². The Bertz CT molecular complexity index is 428. The van der Waals surface area contributed by atoms with Crippen LogP contribution in [0.5, 0.6) is 0 Å². The Morgan fingerprint density at radius 2 is 1.89 bits per heavy atom. The summed E-state index contributed by atoms with van der Waals surface area (Å²) in [6.07, 6.45) is 1.04. The highest BCUT2D eigenvalue weighted by molar-refractivity contribution is 5.81. The molecule has 1 atom stereocenters. The van der Waals surface area contributed by atoms with E-state index < -0.39 is 0 Å². The summed E-state index contributed by atoms with van der Waals surface area (Å²) in [5.41, 5.74) is 2.78. The van der Waals surface area contributed by atoms with Crippen molar-refractivity contribution < 1.29 is 4.79 Å². The van der Waals surface area contributed by atoms with Crippen molar-refractivity contribution in [2.75, 3.05) is 6.54 Å². The minimum atomic E-state index is -0.0549. The van der Waals surface area contributed by atoms with E-state index in [2.05, 4.69) is 34.5 Å². The molecule has 1 aliphatic rings. The van der Waals surface area contributed by atoms with Gasteiger partial charge >= 0.3 is 0 Å². The SMILES string of the molecule is CC(C)NC(=O)C(C)N1CCc2ccccc2C1. The van der Waals surface area contributed by atoms with Crippen LogP contribution in [0.25, 0.3) is 0 Å². The molecular weight excluding hydrogens is 224 g/mol. The lowest BCUT2D eigenvalue weighted by molar-refractivity contribution is -0.126. The smallest absolute Gasteiger partial charge is 0.237 e. The predicted octanol–water partition coefficient (Wildman–Crippen LogP) is 1.96. The summed E-state index contributed by atoms with van der Waals surface area (Å²) in [6.45, 7) is 7.82. The lowest BCUT2D eigenvalue weighted by Crippen LogP contribution is -2.48. The fourth-order valence-electron chi connectivity index (χ4n) is 2.42. The molecule has 0 spiro atoms. The molecule has 2 rings (SSSR count). The summed E-state index contributed by atoms with van der Waals surface area (Å²) in [5, 5.41) is 2.98. The quantitative estimate of drug-likeness (QED) is 0.884. The van der Waals surface area contributed by atoms with E-state index in [-0.39, 0.29) is 18.0 Å². The van der Waals surface area contributed by atoms with Crippen molar-refractivity contribution in [1.29, 1.82) is 0 Å². The zero-order chi connectivity index (χ0) is 13.1. The topological polar surface area (TPSA) is 32.3 Å². The Labute approximate surface area is 109 Å². The van der Waals surface area contributed by atoms with Gasteiger partial charge in [0.2, 0.25) is 5.91 Å². The molecule has 0 aromatic heterocycles. The first-order chi connectivity index (χ1) is 8.58. The van der Waals surface area contributed by atoms with Crippen molar-refractivity contribution in [3.63, 3.8) is 0 Å². The van der Waals surface area contributed by atoms with Gasteiger partial charge in [-0.1, -0.05) is 24.3 Å². The lowest BCUT2D eigenvalue weighted by Gasteiger charge is -2.33. The highest BCUT2D eigenvalue weighted by Crippen LogP contribution is 2.20. The third-order valence-corrected chi connectivity index (χ3v) is 3.52. The number of amides is 1. The van der Waals surface area contributed by atoms with E-state index in [0.29, 0.717) is 0 Å². The van der Waals surface area contributed by atoms with Gasteiger partial charge in [0.05, 0.1) is 6.04 Å². The number of nitrogens with one attached hydrogen (secondary N) is 1. The number of carbonyl (C=O) groups excluding carboxylic acids is 1. The Hall–Kier alpha value is -1.35. The summed E-state index contributed by atoms with van der Waals surface area (Å²) >= 11 is 0. The zero-order valence-corrected chi connectivity index (χ0v) is 11.4. The van der Waals surface area contributed by atoms with Crippen LogP contribution in [-0.2, 0) is 17.8 Å². The van der Waals surface area contributed by atoms with Crippen LogP contribution in [0.15, 0.2) is 24.3 Å². The first kappa shape index (κ1) is 13.1. The molecule has 0 fully saturated rings. The van der Waals surface area contributed by atoms with Crippen LogP contribution >= 0.6 is 0 Å². The fraction of sp³-hybridized carbons (Fsp3) is 0.533. The molecule has 3 nitrogen and oxygen atoms in total. The largest absolute Gasteiger partial charge is 0.353 e. The monoisotopic (exact) mass is 246 g/mol. The van der Waals surface area contributed by atoms with Crippen molar-refractivity contribution in [2.45, 2.75) is 45.8 Å². The van der Waals surface area contributed by atoms with E-state index in [1.807, 2.05) is 20.8 Å². The van der Waals surface area contributed by atoms with Crippen LogP contribution in [0.1, 0.15) is 31.9 Å². The van der Waals surface area contributed by atoms with Gasteiger partial charge in [-0.25, -0.2) is 0 Å². The third kappa shape index (κ3) is 2.91. The molecule has 1 N–H and O–H groups in total. The van der Waals surface area contributed by atoms with Crippen LogP contribution in [0, 0.1) is 0 Å². The Balaban J connectivity index is 2.02. The summed E-state index contributed by atoms with van der Waals surface area (Å²) in [5.74, 6) is 0.129. The Morgan fingerprint density at radius 3 is 2.56 bits per heavy atom. The summed E-state index contributed by atoms with van der Waals surface area (Å²) in [6, 6.07) is 8.66. The molecule has 1 heterocycles. The maximum atomic E-state index is 12.0. The van der Waals surface area contributed by atoms with Gasteiger partial charge in [0.25, 0.3) is 0 Å². The molecule has 1 unspecified atom stereocenters. The molecule has 0 aliphatic carbocycles. The second-order valence-corrected chi connectivity index (χ2v) is 5.33. The number of hydrogen-bond acceptors (Lipinski definition) is 2. The first-order valence-corrected chi connectivity index (χ1v) is 6.69. The van der Waals surface area contributed by atoms with Gasteiger partial charge in [0, 0.05) is 19.1 Å². The van der Waals surface area contributed by atoms with Gasteiger partial charge in [-0.2, -0.15) is 0 Å². The van der Waals surface area contributed by atoms with E-state index in [1.54, 1.807) is 0 Å². The molecule has 0 bridgehead atoms. The molecular formula is C15H22N2O. The number of benzene rings is 1. The number of fused-ring (bicyclic) bond motifs is 1. The van der Waals surface area contributed by atoms with Gasteiger partial charge in [-0.15, -0.1) is 0 Å². The summed E-state index contributed by atoms with van der Waals surface area (Å²) in [7, 11) is 0. The molecule has 1 aromatic carbocycles. The second kappa shape index (κ2) is 5.53. The maximum absolute atomic E-state index is 12.0. The fourth-order valence-corrected chi connectivity index (χ4v) is 2.42. The average Bonchev–Trinajstić information content (AvgIpc) is 2.36. The highest BCUT2D eigenvalue weighted by Gasteiger charge is 2.25. The lowest BCUT2D eigenvalue weighted by atomic mass is 9.99. The molecule has 3 heteroatoms. The van der Waals surface area contributed by atoms with Gasteiger partial charge < -0.3 is 5.32 Å². The number of hydrogen-bond donors (Lipinski definition) is 1. The zero-order valence-electron chi connectivity index (χ0n) is 11.4. The Kier molecular flexibility index (Phi) is 4.02. The minimum Gasteiger partial charge on any atom is -0.353 e. The summed E-state index contributed by atoms with van der Waals surface area (Å²) in [4.78, 5) is 14.3. The van der Waals surface area contributed by atoms with E-state index in [1.165, 1.54) is 11.1 Å².